The molecule has 1 fully saturated rings. The second-order valence-corrected chi connectivity index (χ2v) is 7.84. The zero-order valence-corrected chi connectivity index (χ0v) is 16.9. The molecule has 148 valence electrons. The minimum Gasteiger partial charge on any atom is -0.352 e. The molecule has 4 nitrogen and oxygen atoms in total. The quantitative estimate of drug-likeness (QED) is 0.791. The van der Waals surface area contributed by atoms with Gasteiger partial charge >= 0.3 is 0 Å². The van der Waals surface area contributed by atoms with Gasteiger partial charge in [0.2, 0.25) is 11.8 Å². The van der Waals surface area contributed by atoms with Gasteiger partial charge in [-0.2, -0.15) is 0 Å². The molecule has 0 unspecified atom stereocenters. The van der Waals surface area contributed by atoms with Crippen LogP contribution in [0.3, 0.4) is 0 Å². The maximum absolute atomic E-state index is 13.2. The molecule has 0 spiro atoms. The third-order valence-corrected chi connectivity index (χ3v) is 5.50. The van der Waals surface area contributed by atoms with Crippen LogP contribution >= 0.6 is 0 Å². The van der Waals surface area contributed by atoms with Gasteiger partial charge in [0.15, 0.2) is 0 Å². The Bertz CT molecular complexity index is 797. The van der Waals surface area contributed by atoms with Crippen LogP contribution in [-0.2, 0) is 22.6 Å². The molecule has 1 atom stereocenters. The molecule has 1 aliphatic carbocycles. The van der Waals surface area contributed by atoms with E-state index in [-0.39, 0.29) is 17.9 Å². The molecule has 3 rings (SSSR count). The van der Waals surface area contributed by atoms with Crippen LogP contribution in [-0.4, -0.2) is 28.8 Å². The lowest BCUT2D eigenvalue weighted by Gasteiger charge is -2.30. The third kappa shape index (κ3) is 5.44. The number of aryl methyl sites for hydroxylation is 1. The van der Waals surface area contributed by atoms with Gasteiger partial charge in [-0.15, -0.1) is 0 Å². The van der Waals surface area contributed by atoms with Crippen molar-refractivity contribution in [3.8, 4) is 0 Å². The maximum atomic E-state index is 13.2. The molecule has 4 heteroatoms. The lowest BCUT2D eigenvalue weighted by molar-refractivity contribution is -0.140. The summed E-state index contributed by atoms with van der Waals surface area (Å²) in [5.74, 6) is -0.0797. The highest BCUT2D eigenvalue weighted by atomic mass is 16.2. The highest BCUT2D eigenvalue weighted by Gasteiger charge is 2.28. The Hall–Kier alpha value is -2.62. The largest absolute Gasteiger partial charge is 0.352 e. The Balaban J connectivity index is 1.75. The molecule has 0 heterocycles. The van der Waals surface area contributed by atoms with Crippen LogP contribution in [0, 0.1) is 6.92 Å². The summed E-state index contributed by atoms with van der Waals surface area (Å²) in [5.41, 5.74) is 3.14. The highest BCUT2D eigenvalue weighted by Crippen LogP contribution is 2.19. The van der Waals surface area contributed by atoms with Gasteiger partial charge in [0.05, 0.1) is 6.42 Å². The SMILES string of the molecule is Cc1cccc(CC(=O)N(Cc2ccccc2)[C@@H](C)C(=O)NC2CCCC2)c1. The second-order valence-electron chi connectivity index (χ2n) is 7.84. The van der Waals surface area contributed by atoms with Crippen molar-refractivity contribution in [2.75, 3.05) is 0 Å². The van der Waals surface area contributed by atoms with Crippen molar-refractivity contribution in [3.63, 3.8) is 0 Å². The number of amides is 2. The van der Waals surface area contributed by atoms with Crippen molar-refractivity contribution in [2.45, 2.75) is 64.6 Å². The molecular formula is C24H30N2O2. The van der Waals surface area contributed by atoms with Crippen molar-refractivity contribution < 1.29 is 9.59 Å². The fourth-order valence-corrected chi connectivity index (χ4v) is 3.85. The molecule has 28 heavy (non-hydrogen) atoms. The molecule has 1 N–H and O–H groups in total. The van der Waals surface area contributed by atoms with Crippen LogP contribution < -0.4 is 5.32 Å². The average molecular weight is 379 g/mol. The Labute approximate surface area is 167 Å². The van der Waals surface area contributed by atoms with Crippen molar-refractivity contribution in [1.82, 2.24) is 10.2 Å². The van der Waals surface area contributed by atoms with Gasteiger partial charge in [-0.25, -0.2) is 0 Å². The number of rotatable bonds is 7. The average Bonchev–Trinajstić information content (AvgIpc) is 3.19. The van der Waals surface area contributed by atoms with E-state index < -0.39 is 6.04 Å². The van der Waals surface area contributed by atoms with E-state index in [1.54, 1.807) is 4.90 Å². The molecule has 2 aromatic rings. The van der Waals surface area contributed by atoms with Crippen LogP contribution in [0.1, 0.15) is 49.3 Å². The zero-order chi connectivity index (χ0) is 19.9. The number of nitrogens with one attached hydrogen (secondary N) is 1. The van der Waals surface area contributed by atoms with E-state index in [0.29, 0.717) is 13.0 Å². The Morgan fingerprint density at radius 1 is 1.04 bits per heavy atom. The molecule has 0 saturated heterocycles. The van der Waals surface area contributed by atoms with Crippen LogP contribution in [0.5, 0.6) is 0 Å². The van der Waals surface area contributed by atoms with Gasteiger partial charge in [0.1, 0.15) is 6.04 Å². The van der Waals surface area contributed by atoms with Gasteiger partial charge in [-0.05, 0) is 37.8 Å². The summed E-state index contributed by atoms with van der Waals surface area (Å²) in [7, 11) is 0. The molecule has 0 radical (unpaired) electrons. The predicted octanol–water partition coefficient (Wildman–Crippen LogP) is 4.01. The molecule has 1 saturated carbocycles. The Morgan fingerprint density at radius 2 is 1.71 bits per heavy atom. The van der Waals surface area contributed by atoms with E-state index in [4.69, 9.17) is 0 Å². The fraction of sp³-hybridized carbons (Fsp3) is 0.417. The number of hydrogen-bond acceptors (Lipinski definition) is 2. The predicted molar refractivity (Wildman–Crippen MR) is 112 cm³/mol. The standard InChI is InChI=1S/C24H30N2O2/c1-18-9-8-12-21(15-18)16-23(27)26(17-20-10-4-3-5-11-20)19(2)24(28)25-22-13-6-7-14-22/h3-5,8-12,15,19,22H,6-7,13-14,16-17H2,1-2H3,(H,25,28)/t19-/m0/s1. The Morgan fingerprint density at radius 3 is 2.39 bits per heavy atom. The summed E-state index contributed by atoms with van der Waals surface area (Å²) in [6.45, 7) is 4.29. The summed E-state index contributed by atoms with van der Waals surface area (Å²) >= 11 is 0. The van der Waals surface area contributed by atoms with E-state index in [1.165, 1.54) is 12.8 Å². The van der Waals surface area contributed by atoms with Crippen molar-refractivity contribution >= 4 is 11.8 Å². The second kappa shape index (κ2) is 9.54. The van der Waals surface area contributed by atoms with E-state index >= 15 is 0 Å². The van der Waals surface area contributed by atoms with Crippen molar-refractivity contribution in [3.05, 3.63) is 71.3 Å². The third-order valence-electron chi connectivity index (χ3n) is 5.50. The maximum Gasteiger partial charge on any atom is 0.242 e. The van der Waals surface area contributed by atoms with Gasteiger partial charge in [0, 0.05) is 12.6 Å². The summed E-state index contributed by atoms with van der Waals surface area (Å²) < 4.78 is 0. The van der Waals surface area contributed by atoms with Crippen LogP contribution in [0.15, 0.2) is 54.6 Å². The van der Waals surface area contributed by atoms with Gasteiger partial charge in [-0.1, -0.05) is 73.0 Å². The first kappa shape index (κ1) is 20.1. The Kier molecular flexibility index (Phi) is 6.85. The lowest BCUT2D eigenvalue weighted by Crippen LogP contribution is -2.50. The van der Waals surface area contributed by atoms with E-state index in [2.05, 4.69) is 5.32 Å². The summed E-state index contributed by atoms with van der Waals surface area (Å²) in [5, 5.41) is 3.14. The number of carbonyl (C=O) groups is 2. The first-order valence-corrected chi connectivity index (χ1v) is 10.2. The molecule has 0 aromatic heterocycles. The molecule has 0 aliphatic heterocycles. The molecule has 2 amide bonds. The highest BCUT2D eigenvalue weighted by molar-refractivity contribution is 5.88. The minimum absolute atomic E-state index is 0.0245. The van der Waals surface area contributed by atoms with Gasteiger partial charge < -0.3 is 10.2 Å². The van der Waals surface area contributed by atoms with E-state index in [1.807, 2.05) is 68.4 Å². The van der Waals surface area contributed by atoms with Crippen molar-refractivity contribution in [2.24, 2.45) is 0 Å². The van der Waals surface area contributed by atoms with Gasteiger partial charge in [0.25, 0.3) is 0 Å². The smallest absolute Gasteiger partial charge is 0.242 e. The van der Waals surface area contributed by atoms with Crippen LogP contribution in [0.4, 0.5) is 0 Å². The molecule has 0 bridgehead atoms. The van der Waals surface area contributed by atoms with Crippen molar-refractivity contribution in [1.29, 1.82) is 0 Å². The lowest BCUT2D eigenvalue weighted by atomic mass is 10.1. The van der Waals surface area contributed by atoms with Crippen LogP contribution in [0.25, 0.3) is 0 Å². The number of nitrogens with zero attached hydrogens (tertiary/aromatic N) is 1. The number of hydrogen-bond donors (Lipinski definition) is 1. The topological polar surface area (TPSA) is 49.4 Å². The molecular weight excluding hydrogens is 348 g/mol. The summed E-state index contributed by atoms with van der Waals surface area (Å²) in [4.78, 5) is 27.7. The summed E-state index contributed by atoms with van der Waals surface area (Å²) in [6, 6.07) is 17.6. The summed E-state index contributed by atoms with van der Waals surface area (Å²) in [6.07, 6.45) is 4.71. The first-order valence-electron chi connectivity index (χ1n) is 10.2. The number of carbonyl (C=O) groups excluding carboxylic acids is 2. The first-order chi connectivity index (χ1) is 13.5. The van der Waals surface area contributed by atoms with E-state index in [0.717, 1.165) is 29.5 Å². The molecule has 1 aliphatic rings. The van der Waals surface area contributed by atoms with Crippen LogP contribution in [0.2, 0.25) is 0 Å². The van der Waals surface area contributed by atoms with E-state index in [9.17, 15) is 9.59 Å². The minimum atomic E-state index is -0.502. The molecule has 2 aromatic carbocycles. The monoisotopic (exact) mass is 378 g/mol. The fourth-order valence-electron chi connectivity index (χ4n) is 3.85. The zero-order valence-electron chi connectivity index (χ0n) is 16.9. The van der Waals surface area contributed by atoms with Gasteiger partial charge in [-0.3, -0.25) is 9.59 Å². The normalized spacial score (nSPS) is 15.2. The number of benzene rings is 2.